The second-order valence-electron chi connectivity index (χ2n) is 6.60. The van der Waals surface area contributed by atoms with Crippen LogP contribution in [0.25, 0.3) is 0 Å². The van der Waals surface area contributed by atoms with Gasteiger partial charge >= 0.3 is 5.97 Å². The lowest BCUT2D eigenvalue weighted by molar-refractivity contribution is -0.139. The molecule has 2 N–H and O–H groups in total. The number of methoxy groups -OCH3 is 1. The van der Waals surface area contributed by atoms with Crippen molar-refractivity contribution in [3.8, 4) is 11.5 Å². The van der Waals surface area contributed by atoms with E-state index in [2.05, 4.69) is 10.6 Å². The zero-order chi connectivity index (χ0) is 21.7. The van der Waals surface area contributed by atoms with Gasteiger partial charge in [0.25, 0.3) is 0 Å². The summed E-state index contributed by atoms with van der Waals surface area (Å²) in [4.78, 5) is 12.6. The quantitative estimate of drug-likeness (QED) is 0.485. The van der Waals surface area contributed by atoms with Crippen molar-refractivity contribution in [3.63, 3.8) is 0 Å². The second-order valence-corrected chi connectivity index (χ2v) is 7.45. The molecule has 2 aromatic rings. The summed E-state index contributed by atoms with van der Waals surface area (Å²) >= 11 is 11.2. The van der Waals surface area contributed by atoms with E-state index in [1.807, 2.05) is 18.2 Å². The highest BCUT2D eigenvalue weighted by Crippen LogP contribution is 2.31. The molecule has 3 rings (SSSR count). The third kappa shape index (κ3) is 5.04. The fraction of sp³-hybridized carbons (Fsp3) is 0.273. The fourth-order valence-electron chi connectivity index (χ4n) is 3.21. The SMILES string of the molecule is CCOC(=O)C1=C(C)NC(=S)N[C@@H]1c1ccc(OC)c(COc2ccc(Cl)cc2)c1. The average Bonchev–Trinajstić information content (AvgIpc) is 2.72. The average molecular weight is 447 g/mol. The van der Waals surface area contributed by atoms with Crippen molar-refractivity contribution in [2.24, 2.45) is 0 Å². The molecule has 6 nitrogen and oxygen atoms in total. The summed E-state index contributed by atoms with van der Waals surface area (Å²) in [7, 11) is 1.60. The van der Waals surface area contributed by atoms with Crippen LogP contribution in [0.1, 0.15) is 31.0 Å². The van der Waals surface area contributed by atoms with Gasteiger partial charge in [-0.2, -0.15) is 0 Å². The highest BCUT2D eigenvalue weighted by Gasteiger charge is 2.31. The summed E-state index contributed by atoms with van der Waals surface area (Å²) in [5.41, 5.74) is 2.82. The van der Waals surface area contributed by atoms with Crippen molar-refractivity contribution in [3.05, 3.63) is 69.9 Å². The second kappa shape index (κ2) is 9.82. The molecule has 8 heteroatoms. The predicted molar refractivity (Wildman–Crippen MR) is 120 cm³/mol. The number of carbonyl (C=O) groups is 1. The van der Waals surface area contributed by atoms with Crippen LogP contribution in [-0.2, 0) is 16.1 Å². The topological polar surface area (TPSA) is 68.8 Å². The van der Waals surface area contributed by atoms with E-state index in [0.717, 1.165) is 11.1 Å². The largest absolute Gasteiger partial charge is 0.496 e. The molecule has 0 aliphatic carbocycles. The van der Waals surface area contributed by atoms with Crippen LogP contribution in [0.4, 0.5) is 0 Å². The first-order valence-electron chi connectivity index (χ1n) is 9.43. The molecule has 0 bridgehead atoms. The first-order valence-corrected chi connectivity index (χ1v) is 10.2. The molecule has 0 saturated carbocycles. The molecule has 0 radical (unpaired) electrons. The third-order valence-corrected chi connectivity index (χ3v) is 5.08. The Balaban J connectivity index is 1.91. The van der Waals surface area contributed by atoms with Gasteiger partial charge < -0.3 is 24.8 Å². The van der Waals surface area contributed by atoms with Gasteiger partial charge in [0.05, 0.1) is 25.3 Å². The number of ether oxygens (including phenoxy) is 3. The summed E-state index contributed by atoms with van der Waals surface area (Å²) in [5, 5.41) is 7.25. The normalized spacial score (nSPS) is 15.9. The van der Waals surface area contributed by atoms with E-state index in [1.165, 1.54) is 0 Å². The van der Waals surface area contributed by atoms with Crippen molar-refractivity contribution < 1.29 is 19.0 Å². The molecular weight excluding hydrogens is 424 g/mol. The predicted octanol–water partition coefficient (Wildman–Crippen LogP) is 4.28. The van der Waals surface area contributed by atoms with E-state index in [4.69, 9.17) is 38.0 Å². The minimum absolute atomic E-state index is 0.283. The molecule has 30 heavy (non-hydrogen) atoms. The monoisotopic (exact) mass is 446 g/mol. The van der Waals surface area contributed by atoms with E-state index in [9.17, 15) is 4.79 Å². The molecule has 0 aromatic heterocycles. The van der Waals surface area contributed by atoms with Gasteiger partial charge in [0.1, 0.15) is 18.1 Å². The molecule has 0 unspecified atom stereocenters. The molecule has 1 aliphatic heterocycles. The number of allylic oxidation sites excluding steroid dienone is 1. The lowest BCUT2D eigenvalue weighted by atomic mass is 9.94. The van der Waals surface area contributed by atoms with Gasteiger partial charge in [-0.3, -0.25) is 0 Å². The maximum Gasteiger partial charge on any atom is 0.338 e. The Morgan fingerprint density at radius 1 is 1.20 bits per heavy atom. The smallest absolute Gasteiger partial charge is 0.338 e. The molecule has 1 atom stereocenters. The number of halogens is 1. The Morgan fingerprint density at radius 2 is 1.93 bits per heavy atom. The molecule has 0 spiro atoms. The molecule has 158 valence electrons. The molecule has 0 fully saturated rings. The van der Waals surface area contributed by atoms with Crippen molar-refractivity contribution >= 4 is 34.9 Å². The number of carbonyl (C=O) groups excluding carboxylic acids is 1. The van der Waals surface area contributed by atoms with Crippen LogP contribution in [0.3, 0.4) is 0 Å². The summed E-state index contributed by atoms with van der Waals surface area (Å²) in [6.07, 6.45) is 0. The standard InChI is InChI=1S/C22H23ClN2O4S/c1-4-28-21(26)19-13(2)24-22(30)25-20(19)14-5-10-18(27-3)15(11-14)12-29-17-8-6-16(23)7-9-17/h5-11,20H,4,12H2,1-3H3,(H2,24,25,30)/t20-/m1/s1. The summed E-state index contributed by atoms with van der Waals surface area (Å²) in [6.45, 7) is 4.15. The molecule has 2 aromatic carbocycles. The Labute approximate surface area is 186 Å². The molecule has 1 aliphatic rings. The number of benzene rings is 2. The van der Waals surface area contributed by atoms with Gasteiger partial charge in [-0.1, -0.05) is 17.7 Å². The highest BCUT2D eigenvalue weighted by atomic mass is 35.5. The Morgan fingerprint density at radius 3 is 2.60 bits per heavy atom. The first-order chi connectivity index (χ1) is 14.4. The molecule has 0 amide bonds. The van der Waals surface area contributed by atoms with Crippen LogP contribution in [0.15, 0.2) is 53.7 Å². The number of hydrogen-bond donors (Lipinski definition) is 2. The van der Waals surface area contributed by atoms with Crippen molar-refractivity contribution in [2.45, 2.75) is 26.5 Å². The number of rotatable bonds is 7. The zero-order valence-corrected chi connectivity index (χ0v) is 18.5. The lowest BCUT2D eigenvalue weighted by Gasteiger charge is -2.30. The minimum atomic E-state index is -0.446. The summed E-state index contributed by atoms with van der Waals surface area (Å²) < 4.78 is 16.6. The van der Waals surface area contributed by atoms with Crippen molar-refractivity contribution in [2.75, 3.05) is 13.7 Å². The van der Waals surface area contributed by atoms with E-state index in [1.54, 1.807) is 45.2 Å². The van der Waals surface area contributed by atoms with Gasteiger partial charge in [-0.05, 0) is 68.0 Å². The van der Waals surface area contributed by atoms with Crippen LogP contribution in [0.5, 0.6) is 11.5 Å². The maximum absolute atomic E-state index is 12.6. The number of nitrogens with one attached hydrogen (secondary N) is 2. The van der Waals surface area contributed by atoms with Crippen LogP contribution < -0.4 is 20.1 Å². The molecule has 0 saturated heterocycles. The number of thiocarbonyl (C=S) groups is 1. The van der Waals surface area contributed by atoms with Crippen LogP contribution in [-0.4, -0.2) is 24.8 Å². The lowest BCUT2D eigenvalue weighted by Crippen LogP contribution is -2.45. The highest BCUT2D eigenvalue weighted by molar-refractivity contribution is 7.80. The Hall–Kier alpha value is -2.77. The van der Waals surface area contributed by atoms with Gasteiger partial charge in [-0.15, -0.1) is 0 Å². The first kappa shape index (κ1) is 21.9. The van der Waals surface area contributed by atoms with E-state index in [0.29, 0.717) is 32.9 Å². The van der Waals surface area contributed by atoms with Gasteiger partial charge in [0.2, 0.25) is 0 Å². The van der Waals surface area contributed by atoms with Crippen LogP contribution in [0, 0.1) is 0 Å². The van der Waals surface area contributed by atoms with E-state index in [-0.39, 0.29) is 13.2 Å². The Bertz CT molecular complexity index is 976. The Kier molecular flexibility index (Phi) is 7.18. The van der Waals surface area contributed by atoms with Gasteiger partial charge in [0, 0.05) is 16.3 Å². The maximum atomic E-state index is 12.6. The van der Waals surface area contributed by atoms with Crippen LogP contribution in [0.2, 0.25) is 5.02 Å². The van der Waals surface area contributed by atoms with Crippen LogP contribution >= 0.6 is 23.8 Å². The van der Waals surface area contributed by atoms with Crippen molar-refractivity contribution in [1.29, 1.82) is 0 Å². The zero-order valence-electron chi connectivity index (χ0n) is 17.0. The van der Waals surface area contributed by atoms with E-state index < -0.39 is 12.0 Å². The van der Waals surface area contributed by atoms with Gasteiger partial charge in [0.15, 0.2) is 5.11 Å². The molecule has 1 heterocycles. The number of hydrogen-bond acceptors (Lipinski definition) is 5. The number of esters is 1. The fourth-order valence-corrected chi connectivity index (χ4v) is 3.60. The minimum Gasteiger partial charge on any atom is -0.496 e. The summed E-state index contributed by atoms with van der Waals surface area (Å²) in [6, 6.07) is 12.4. The van der Waals surface area contributed by atoms with E-state index >= 15 is 0 Å². The third-order valence-electron chi connectivity index (χ3n) is 4.61. The van der Waals surface area contributed by atoms with Gasteiger partial charge in [-0.25, -0.2) is 4.79 Å². The molecular formula is C22H23ClN2O4S. The van der Waals surface area contributed by atoms with Crippen molar-refractivity contribution in [1.82, 2.24) is 10.6 Å². The summed E-state index contributed by atoms with van der Waals surface area (Å²) in [5.74, 6) is 0.982.